The van der Waals surface area contributed by atoms with Crippen molar-refractivity contribution < 1.29 is 23.9 Å². The van der Waals surface area contributed by atoms with E-state index in [4.69, 9.17) is 14.3 Å². The quantitative estimate of drug-likeness (QED) is 0.626. The molecule has 0 aliphatic carbocycles. The van der Waals surface area contributed by atoms with E-state index < -0.39 is 0 Å². The van der Waals surface area contributed by atoms with Gasteiger partial charge < -0.3 is 9.47 Å². The van der Waals surface area contributed by atoms with Crippen molar-refractivity contribution >= 4 is 11.9 Å². The van der Waals surface area contributed by atoms with Crippen LogP contribution in [0.2, 0.25) is 0 Å². The van der Waals surface area contributed by atoms with Crippen molar-refractivity contribution in [3.63, 3.8) is 0 Å². The summed E-state index contributed by atoms with van der Waals surface area (Å²) in [4.78, 5) is 28.9. The molecule has 0 saturated carbocycles. The van der Waals surface area contributed by atoms with Crippen LogP contribution in [0.15, 0.2) is 0 Å². The van der Waals surface area contributed by atoms with Gasteiger partial charge in [0, 0.05) is 19.9 Å². The lowest BCUT2D eigenvalue weighted by Crippen LogP contribution is -2.39. The van der Waals surface area contributed by atoms with Gasteiger partial charge in [0.2, 0.25) is 0 Å². The van der Waals surface area contributed by atoms with Crippen molar-refractivity contribution in [1.29, 1.82) is 0 Å². The Morgan fingerprint density at radius 3 is 3.06 bits per heavy atom. The first-order valence-corrected chi connectivity index (χ1v) is 6.44. The van der Waals surface area contributed by atoms with Gasteiger partial charge in [-0.05, 0) is 12.8 Å². The first kappa shape index (κ1) is 11.9. The molecular formula is C12H17NO5. The van der Waals surface area contributed by atoms with E-state index in [9.17, 15) is 9.59 Å². The number of rotatable bonds is 1. The first-order chi connectivity index (χ1) is 8.66. The highest BCUT2D eigenvalue weighted by Crippen LogP contribution is 2.39. The number of carbonyl (C=O) groups is 2. The Balaban J connectivity index is 1.83. The number of esters is 2. The van der Waals surface area contributed by atoms with Crippen molar-refractivity contribution in [2.24, 2.45) is 5.92 Å². The Kier molecular flexibility index (Phi) is 2.99. The molecule has 3 saturated heterocycles. The molecule has 0 aromatic heterocycles. The highest BCUT2D eigenvalue weighted by Gasteiger charge is 2.54. The van der Waals surface area contributed by atoms with E-state index in [1.165, 1.54) is 6.92 Å². The molecule has 3 fully saturated rings. The topological polar surface area (TPSA) is 65.1 Å². The van der Waals surface area contributed by atoms with Crippen molar-refractivity contribution in [2.75, 3.05) is 13.2 Å². The second-order valence-electron chi connectivity index (χ2n) is 5.05. The highest BCUT2D eigenvalue weighted by molar-refractivity contribution is 5.75. The van der Waals surface area contributed by atoms with Gasteiger partial charge in [-0.2, -0.15) is 5.06 Å². The minimum absolute atomic E-state index is 0.0821. The zero-order chi connectivity index (χ0) is 12.7. The van der Waals surface area contributed by atoms with Crippen LogP contribution < -0.4 is 0 Å². The Morgan fingerprint density at radius 1 is 1.44 bits per heavy atom. The van der Waals surface area contributed by atoms with Crippen LogP contribution >= 0.6 is 0 Å². The van der Waals surface area contributed by atoms with Gasteiger partial charge in [-0.1, -0.05) is 0 Å². The fourth-order valence-corrected chi connectivity index (χ4v) is 3.16. The number of carbonyl (C=O) groups excluding carboxylic acids is 2. The minimum atomic E-state index is -0.385. The van der Waals surface area contributed by atoms with Gasteiger partial charge in [0.05, 0.1) is 12.6 Å². The summed E-state index contributed by atoms with van der Waals surface area (Å²) in [7, 11) is 0. The highest BCUT2D eigenvalue weighted by atomic mass is 16.7. The number of hydrogen-bond donors (Lipinski definition) is 0. The monoisotopic (exact) mass is 255 g/mol. The third-order valence-electron chi connectivity index (χ3n) is 3.88. The molecule has 3 aliphatic heterocycles. The van der Waals surface area contributed by atoms with Crippen LogP contribution in [0.1, 0.15) is 26.2 Å². The first-order valence-electron chi connectivity index (χ1n) is 6.44. The number of ether oxygens (including phenoxy) is 2. The van der Waals surface area contributed by atoms with Gasteiger partial charge in [0.25, 0.3) is 0 Å². The fraction of sp³-hybridized carbons (Fsp3) is 0.833. The van der Waals surface area contributed by atoms with Crippen LogP contribution in [-0.2, 0) is 23.9 Å². The van der Waals surface area contributed by atoms with E-state index in [2.05, 4.69) is 0 Å². The summed E-state index contributed by atoms with van der Waals surface area (Å²) in [5.41, 5.74) is 0. The summed E-state index contributed by atoms with van der Waals surface area (Å²) in [5, 5.41) is 1.86. The molecule has 3 aliphatic rings. The molecular weight excluding hydrogens is 238 g/mol. The molecule has 0 unspecified atom stereocenters. The third kappa shape index (κ3) is 1.89. The number of hydrogen-bond acceptors (Lipinski definition) is 6. The molecule has 18 heavy (non-hydrogen) atoms. The summed E-state index contributed by atoms with van der Waals surface area (Å²) in [5.74, 6) is -0.882. The van der Waals surface area contributed by atoms with Gasteiger partial charge in [0.15, 0.2) is 0 Å². The van der Waals surface area contributed by atoms with E-state index in [0.717, 1.165) is 19.4 Å². The van der Waals surface area contributed by atoms with Crippen LogP contribution in [-0.4, -0.2) is 48.4 Å². The van der Waals surface area contributed by atoms with Crippen LogP contribution in [0, 0.1) is 5.92 Å². The summed E-state index contributed by atoms with van der Waals surface area (Å²) in [6.07, 6.45) is 1.70. The Bertz CT molecular complexity index is 371. The van der Waals surface area contributed by atoms with Crippen molar-refractivity contribution in [2.45, 2.75) is 44.4 Å². The lowest BCUT2D eigenvalue weighted by molar-refractivity contribution is -0.189. The second kappa shape index (κ2) is 4.51. The predicted molar refractivity (Wildman–Crippen MR) is 59.2 cm³/mol. The second-order valence-corrected chi connectivity index (χ2v) is 5.05. The number of hydroxylamine groups is 2. The number of nitrogens with zero attached hydrogens (tertiary/aromatic N) is 1. The molecule has 0 N–H and O–H groups in total. The van der Waals surface area contributed by atoms with Gasteiger partial charge >= 0.3 is 11.9 Å². The normalized spacial score (nSPS) is 39.7. The standard InChI is InChI=1S/C12H17NO5/c1-7(14)17-9-4-6-16-12(15)10-8-3-2-5-13(8)18-11(9)10/h8-11H,2-6H2,1H3/t8-,9+,10-,11-/m0/s1. The molecule has 6 heteroatoms. The molecule has 0 bridgehead atoms. The van der Waals surface area contributed by atoms with Crippen LogP contribution in [0.3, 0.4) is 0 Å². The van der Waals surface area contributed by atoms with Crippen LogP contribution in [0.5, 0.6) is 0 Å². The van der Waals surface area contributed by atoms with E-state index in [0.29, 0.717) is 13.0 Å². The van der Waals surface area contributed by atoms with Crippen molar-refractivity contribution in [3.05, 3.63) is 0 Å². The summed E-state index contributed by atoms with van der Waals surface area (Å²) in [6.45, 7) is 2.50. The molecule has 0 aromatic carbocycles. The maximum atomic E-state index is 12.0. The van der Waals surface area contributed by atoms with Gasteiger partial charge in [-0.15, -0.1) is 0 Å². The molecule has 3 rings (SSSR count). The van der Waals surface area contributed by atoms with E-state index in [1.807, 2.05) is 5.06 Å². The number of fused-ring (bicyclic) bond motifs is 3. The van der Waals surface area contributed by atoms with Gasteiger partial charge in [-0.25, -0.2) is 0 Å². The van der Waals surface area contributed by atoms with E-state index in [1.54, 1.807) is 0 Å². The van der Waals surface area contributed by atoms with E-state index in [-0.39, 0.29) is 36.1 Å². The molecule has 6 nitrogen and oxygen atoms in total. The minimum Gasteiger partial charge on any atom is -0.465 e. The Hall–Kier alpha value is -1.14. The fourth-order valence-electron chi connectivity index (χ4n) is 3.16. The maximum absolute atomic E-state index is 12.0. The molecule has 100 valence electrons. The van der Waals surface area contributed by atoms with Crippen molar-refractivity contribution in [1.82, 2.24) is 5.06 Å². The molecule has 0 aromatic rings. The predicted octanol–water partition coefficient (Wildman–Crippen LogP) is 0.259. The van der Waals surface area contributed by atoms with Crippen LogP contribution in [0.4, 0.5) is 0 Å². The van der Waals surface area contributed by atoms with Crippen molar-refractivity contribution in [3.8, 4) is 0 Å². The zero-order valence-electron chi connectivity index (χ0n) is 10.3. The van der Waals surface area contributed by atoms with Crippen LogP contribution in [0.25, 0.3) is 0 Å². The smallest absolute Gasteiger partial charge is 0.313 e. The summed E-state index contributed by atoms with van der Waals surface area (Å²) in [6, 6.07) is 0.0821. The summed E-state index contributed by atoms with van der Waals surface area (Å²) >= 11 is 0. The molecule has 0 spiro atoms. The Labute approximate surface area is 105 Å². The zero-order valence-corrected chi connectivity index (χ0v) is 10.3. The Morgan fingerprint density at radius 2 is 2.28 bits per heavy atom. The summed E-state index contributed by atoms with van der Waals surface area (Å²) < 4.78 is 10.5. The van der Waals surface area contributed by atoms with E-state index >= 15 is 0 Å². The molecule has 4 atom stereocenters. The molecule has 0 amide bonds. The maximum Gasteiger partial charge on any atom is 0.313 e. The third-order valence-corrected chi connectivity index (χ3v) is 3.88. The molecule has 3 heterocycles. The average molecular weight is 255 g/mol. The SMILES string of the molecule is CC(=O)O[C@@H]1CCOC(=O)[C@@H]2[C@H]1ON1CCC[C@@H]21. The lowest BCUT2D eigenvalue weighted by atomic mass is 9.90. The lowest BCUT2D eigenvalue weighted by Gasteiger charge is -2.22. The largest absolute Gasteiger partial charge is 0.465 e. The average Bonchev–Trinajstić information content (AvgIpc) is 2.82. The molecule has 0 radical (unpaired) electrons. The number of cyclic esters (lactones) is 1. The van der Waals surface area contributed by atoms with Gasteiger partial charge in [-0.3, -0.25) is 14.4 Å². The van der Waals surface area contributed by atoms with Gasteiger partial charge in [0.1, 0.15) is 18.1 Å².